The topological polar surface area (TPSA) is 59.1 Å². The number of nitrogens with zero attached hydrogens (tertiary/aromatic N) is 2. The summed E-state index contributed by atoms with van der Waals surface area (Å²) in [6.45, 7) is 5.28. The predicted molar refractivity (Wildman–Crippen MR) is 134 cm³/mol. The van der Waals surface area contributed by atoms with E-state index >= 15 is 0 Å². The summed E-state index contributed by atoms with van der Waals surface area (Å²) in [7, 11) is 0. The molecule has 0 spiro atoms. The van der Waals surface area contributed by atoms with Crippen LogP contribution in [0.2, 0.25) is 5.02 Å². The molecule has 0 aliphatic carbocycles. The van der Waals surface area contributed by atoms with Gasteiger partial charge in [0.1, 0.15) is 0 Å². The fourth-order valence-electron chi connectivity index (χ4n) is 4.11. The fourth-order valence-corrected chi connectivity index (χ4v) is 4.23. The van der Waals surface area contributed by atoms with Crippen molar-refractivity contribution in [2.24, 2.45) is 0 Å². The summed E-state index contributed by atoms with van der Waals surface area (Å²) in [5.74, 6) is -0.263. The van der Waals surface area contributed by atoms with Gasteiger partial charge in [-0.05, 0) is 48.7 Å². The number of ether oxygens (including phenoxy) is 2. The Labute approximate surface area is 220 Å². The average molecular weight is 541 g/mol. The Morgan fingerprint density at radius 3 is 2.22 bits per heavy atom. The molecule has 0 bridgehead atoms. The van der Waals surface area contributed by atoms with Crippen LogP contribution < -0.4 is 0 Å². The number of hydrogen-bond acceptors (Lipinski definition) is 5. The first-order valence-electron chi connectivity index (χ1n) is 12.3. The van der Waals surface area contributed by atoms with Gasteiger partial charge in [0.15, 0.2) is 0 Å². The number of piperazine rings is 1. The largest absolute Gasteiger partial charge is 0.466 e. The summed E-state index contributed by atoms with van der Waals surface area (Å²) in [6.07, 6.45) is -3.70. The summed E-state index contributed by atoms with van der Waals surface area (Å²) in [4.78, 5) is 28.0. The number of benzene rings is 2. The molecule has 1 aliphatic rings. The number of hydrogen-bond donors (Lipinski definition) is 0. The zero-order chi connectivity index (χ0) is 26.8. The maximum absolute atomic E-state index is 12.9. The van der Waals surface area contributed by atoms with E-state index in [9.17, 15) is 22.8 Å². The highest BCUT2D eigenvalue weighted by atomic mass is 35.5. The Morgan fingerprint density at radius 1 is 0.973 bits per heavy atom. The Bertz CT molecular complexity index is 1010. The maximum atomic E-state index is 12.9. The van der Waals surface area contributed by atoms with Gasteiger partial charge in [-0.15, -0.1) is 0 Å². The van der Waals surface area contributed by atoms with Gasteiger partial charge in [0.25, 0.3) is 0 Å². The molecule has 37 heavy (non-hydrogen) atoms. The molecule has 0 unspecified atom stereocenters. The van der Waals surface area contributed by atoms with Gasteiger partial charge >= 0.3 is 12.1 Å². The van der Waals surface area contributed by atoms with Crippen LogP contribution in [0.1, 0.15) is 49.0 Å². The van der Waals surface area contributed by atoms with Crippen LogP contribution in [-0.4, -0.2) is 61.0 Å². The molecule has 2 aromatic carbocycles. The van der Waals surface area contributed by atoms with Crippen molar-refractivity contribution in [2.45, 2.75) is 45.1 Å². The molecule has 1 aliphatic heterocycles. The van der Waals surface area contributed by atoms with Gasteiger partial charge in [-0.25, -0.2) is 0 Å². The van der Waals surface area contributed by atoms with Crippen LogP contribution in [0.25, 0.3) is 0 Å². The van der Waals surface area contributed by atoms with Crippen LogP contribution in [0.15, 0.2) is 48.5 Å². The maximum Gasteiger partial charge on any atom is 0.416 e. The summed E-state index contributed by atoms with van der Waals surface area (Å²) >= 11 is 6.04. The Morgan fingerprint density at radius 2 is 1.62 bits per heavy atom. The van der Waals surface area contributed by atoms with E-state index in [1.165, 1.54) is 12.1 Å². The van der Waals surface area contributed by atoms with Crippen molar-refractivity contribution in [3.05, 3.63) is 70.2 Å². The minimum atomic E-state index is -4.38. The lowest BCUT2D eigenvalue weighted by atomic mass is 10.1. The van der Waals surface area contributed by atoms with Crippen molar-refractivity contribution in [3.8, 4) is 0 Å². The molecule has 1 heterocycles. The minimum Gasteiger partial charge on any atom is -0.466 e. The monoisotopic (exact) mass is 540 g/mol. The normalized spacial score (nSPS) is 15.4. The lowest BCUT2D eigenvalue weighted by molar-refractivity contribution is -0.143. The predicted octanol–water partition coefficient (Wildman–Crippen LogP) is 5.49. The van der Waals surface area contributed by atoms with Crippen LogP contribution in [0.4, 0.5) is 13.2 Å². The van der Waals surface area contributed by atoms with Gasteiger partial charge in [0.05, 0.1) is 24.9 Å². The van der Waals surface area contributed by atoms with Crippen molar-refractivity contribution in [3.63, 3.8) is 0 Å². The van der Waals surface area contributed by atoms with Crippen molar-refractivity contribution >= 4 is 23.5 Å². The number of alkyl halides is 3. The molecular formula is C27H32ClF3N2O4. The van der Waals surface area contributed by atoms with Crippen molar-refractivity contribution < 1.29 is 32.2 Å². The van der Waals surface area contributed by atoms with E-state index in [0.717, 1.165) is 17.7 Å². The lowest BCUT2D eigenvalue weighted by Gasteiger charge is -2.36. The molecule has 0 radical (unpaired) electrons. The molecule has 3 rings (SSSR count). The summed E-state index contributed by atoms with van der Waals surface area (Å²) in [6, 6.07) is 12.3. The smallest absolute Gasteiger partial charge is 0.416 e. The van der Waals surface area contributed by atoms with Crippen molar-refractivity contribution in [1.29, 1.82) is 0 Å². The summed E-state index contributed by atoms with van der Waals surface area (Å²) in [5.41, 5.74) is 0.859. The Balaban J connectivity index is 1.54. The van der Waals surface area contributed by atoms with Crippen LogP contribution in [-0.2, 0) is 31.8 Å². The van der Waals surface area contributed by atoms with E-state index < -0.39 is 11.7 Å². The van der Waals surface area contributed by atoms with Crippen LogP contribution in [0.3, 0.4) is 0 Å². The second-order valence-electron chi connectivity index (χ2n) is 8.89. The zero-order valence-corrected chi connectivity index (χ0v) is 21.6. The van der Waals surface area contributed by atoms with E-state index in [1.54, 1.807) is 19.1 Å². The standard InChI is InChI=1S/C27H32ClF3N2O4/c1-2-36-26(35)5-3-4-25(34)33-16-14-32(15-17-33)18-24(21-8-12-23(28)13-9-21)37-19-20-6-10-22(11-7-20)27(29,30)31/h6-13,24H,2-5,14-19H2,1H3/t24-/m0/s1. The van der Waals surface area contributed by atoms with E-state index in [4.69, 9.17) is 21.1 Å². The third kappa shape index (κ3) is 9.32. The third-order valence-electron chi connectivity index (χ3n) is 6.20. The summed E-state index contributed by atoms with van der Waals surface area (Å²) in [5, 5.41) is 0.598. The second kappa shape index (κ2) is 13.8. The molecule has 202 valence electrons. The van der Waals surface area contributed by atoms with Crippen LogP contribution >= 0.6 is 11.6 Å². The molecule has 1 amide bonds. The Kier molecular flexibility index (Phi) is 10.8. The average Bonchev–Trinajstić information content (AvgIpc) is 2.87. The van der Waals surface area contributed by atoms with Gasteiger partial charge in [0.2, 0.25) is 5.91 Å². The molecular weight excluding hydrogens is 509 g/mol. The molecule has 10 heteroatoms. The van der Waals surface area contributed by atoms with Gasteiger partial charge in [0, 0.05) is 50.6 Å². The second-order valence-corrected chi connectivity index (χ2v) is 9.32. The van der Waals surface area contributed by atoms with Crippen molar-refractivity contribution in [2.75, 3.05) is 39.3 Å². The lowest BCUT2D eigenvalue weighted by Crippen LogP contribution is -2.49. The third-order valence-corrected chi connectivity index (χ3v) is 6.45. The molecule has 6 nitrogen and oxygen atoms in total. The quantitative estimate of drug-likeness (QED) is 0.353. The Hall–Kier alpha value is -2.62. The van der Waals surface area contributed by atoms with E-state index in [-0.39, 0.29) is 31.0 Å². The highest BCUT2D eigenvalue weighted by Crippen LogP contribution is 2.30. The molecule has 1 saturated heterocycles. The first kappa shape index (κ1) is 28.9. The molecule has 1 atom stereocenters. The van der Waals surface area contributed by atoms with Crippen molar-refractivity contribution in [1.82, 2.24) is 9.80 Å². The highest BCUT2D eigenvalue weighted by Gasteiger charge is 2.30. The van der Waals surface area contributed by atoms with Gasteiger partial charge < -0.3 is 14.4 Å². The van der Waals surface area contributed by atoms with E-state index in [1.807, 2.05) is 17.0 Å². The number of carbonyl (C=O) groups excluding carboxylic acids is 2. The van der Waals surface area contributed by atoms with Crippen LogP contribution in [0, 0.1) is 0 Å². The van der Waals surface area contributed by atoms with E-state index in [2.05, 4.69) is 4.90 Å². The SMILES string of the molecule is CCOC(=O)CCCC(=O)N1CCN(C[C@H](OCc2ccc(C(F)(F)F)cc2)c2ccc(Cl)cc2)CC1. The number of esters is 1. The number of carbonyl (C=O) groups is 2. The number of amides is 1. The highest BCUT2D eigenvalue weighted by molar-refractivity contribution is 6.30. The minimum absolute atomic E-state index is 0.0248. The van der Waals surface area contributed by atoms with Crippen LogP contribution in [0.5, 0.6) is 0 Å². The van der Waals surface area contributed by atoms with E-state index in [0.29, 0.717) is 62.8 Å². The first-order chi connectivity index (χ1) is 17.7. The molecule has 0 N–H and O–H groups in total. The van der Waals surface area contributed by atoms with Gasteiger partial charge in [-0.3, -0.25) is 14.5 Å². The fraction of sp³-hybridized carbons (Fsp3) is 0.481. The molecule has 2 aromatic rings. The number of halogens is 4. The first-order valence-corrected chi connectivity index (χ1v) is 12.7. The van der Waals surface area contributed by atoms with Gasteiger partial charge in [-0.2, -0.15) is 13.2 Å². The summed E-state index contributed by atoms with van der Waals surface area (Å²) < 4.78 is 49.6. The van der Waals surface area contributed by atoms with Gasteiger partial charge in [-0.1, -0.05) is 35.9 Å². The molecule has 1 fully saturated rings. The number of rotatable bonds is 11. The molecule has 0 saturated carbocycles. The molecule has 0 aromatic heterocycles. The zero-order valence-electron chi connectivity index (χ0n) is 20.8.